The lowest BCUT2D eigenvalue weighted by atomic mass is 9.66. The van der Waals surface area contributed by atoms with Crippen molar-refractivity contribution in [1.82, 2.24) is 0 Å². The Morgan fingerprint density at radius 2 is 1.71 bits per heavy atom. The first kappa shape index (κ1) is 25.3. The van der Waals surface area contributed by atoms with Crippen LogP contribution in [0.25, 0.3) is 0 Å². The van der Waals surface area contributed by atoms with E-state index in [-0.39, 0.29) is 16.4 Å². The lowest BCUT2D eigenvalue weighted by Crippen LogP contribution is -2.32. The predicted molar refractivity (Wildman–Crippen MR) is 146 cm³/mol. The minimum atomic E-state index is -0.996. The molecule has 0 aliphatic heterocycles. The van der Waals surface area contributed by atoms with Crippen molar-refractivity contribution >= 4 is 28.0 Å². The minimum absolute atomic E-state index is 0.141. The van der Waals surface area contributed by atoms with E-state index < -0.39 is 5.97 Å². The van der Waals surface area contributed by atoms with E-state index in [4.69, 9.17) is 4.74 Å². The van der Waals surface area contributed by atoms with E-state index in [2.05, 4.69) is 53.4 Å². The predicted octanol–water partition coefficient (Wildman–Crippen LogP) is 8.69. The summed E-state index contributed by atoms with van der Waals surface area (Å²) in [7, 11) is 0. The number of carboxylic acids is 1. The van der Waals surface area contributed by atoms with E-state index in [1.807, 2.05) is 53.8 Å². The minimum Gasteiger partial charge on any atom is -0.478 e. The molecule has 1 aliphatic carbocycles. The van der Waals surface area contributed by atoms with Gasteiger partial charge in [0.25, 0.3) is 0 Å². The lowest BCUT2D eigenvalue weighted by Gasteiger charge is -2.39. The zero-order chi connectivity index (χ0) is 25.5. The number of thiophene rings is 1. The Bertz CT molecular complexity index is 1220. The summed E-state index contributed by atoms with van der Waals surface area (Å²) in [4.78, 5) is 15.8. The van der Waals surface area contributed by atoms with Crippen LogP contribution in [0.4, 0.5) is 10.7 Å². The molecule has 0 saturated heterocycles. The van der Waals surface area contributed by atoms with Crippen LogP contribution in [0.2, 0.25) is 0 Å². The Hall–Kier alpha value is -2.79. The Morgan fingerprint density at radius 1 is 1.06 bits per heavy atom. The van der Waals surface area contributed by atoms with E-state index in [1.165, 1.54) is 33.8 Å². The molecule has 35 heavy (non-hydrogen) atoms. The molecular formula is C30H37NO3S. The number of carboxylic acid groups (broad SMARTS) is 1. The first-order valence-corrected chi connectivity index (χ1v) is 13.2. The van der Waals surface area contributed by atoms with Gasteiger partial charge < -0.3 is 14.7 Å². The number of benzene rings is 2. The molecule has 186 valence electrons. The fourth-order valence-corrected chi connectivity index (χ4v) is 6.79. The fraction of sp³-hybridized carbons (Fsp3) is 0.433. The van der Waals surface area contributed by atoms with Gasteiger partial charge >= 0.3 is 5.97 Å². The Labute approximate surface area is 213 Å². The third-order valence-corrected chi connectivity index (χ3v) is 8.74. The summed E-state index contributed by atoms with van der Waals surface area (Å²) in [6.45, 7) is 17.0. The molecule has 0 bridgehead atoms. The Balaban J connectivity index is 1.86. The van der Waals surface area contributed by atoms with E-state index in [1.54, 1.807) is 6.07 Å². The van der Waals surface area contributed by atoms with Gasteiger partial charge in [-0.15, -0.1) is 11.3 Å². The van der Waals surface area contributed by atoms with Crippen LogP contribution in [0, 0.1) is 12.8 Å². The maximum absolute atomic E-state index is 12.0. The summed E-state index contributed by atoms with van der Waals surface area (Å²) in [6, 6.07) is 14.8. The second kappa shape index (κ2) is 9.34. The van der Waals surface area contributed by atoms with Crippen molar-refractivity contribution < 1.29 is 14.6 Å². The number of anilines is 2. The topological polar surface area (TPSA) is 49.8 Å². The highest BCUT2D eigenvalue weighted by molar-refractivity contribution is 7.16. The number of nitrogens with zero attached hydrogens (tertiary/aromatic N) is 1. The van der Waals surface area contributed by atoms with E-state index >= 15 is 0 Å². The number of rotatable bonds is 7. The van der Waals surface area contributed by atoms with Crippen LogP contribution in [-0.4, -0.2) is 17.6 Å². The summed E-state index contributed by atoms with van der Waals surface area (Å²) < 4.78 is 6.08. The van der Waals surface area contributed by atoms with Crippen molar-refractivity contribution in [3.05, 3.63) is 70.1 Å². The first-order chi connectivity index (χ1) is 16.4. The molecule has 4 nitrogen and oxygen atoms in total. The van der Waals surface area contributed by atoms with Crippen LogP contribution >= 0.6 is 11.3 Å². The number of ether oxygens (including phenoxy) is 1. The quantitative estimate of drug-likeness (QED) is 0.359. The largest absolute Gasteiger partial charge is 0.478 e. The standard InChI is InChI=1S/C30H37NO3S/c1-19(2)18-31(27-20(3)25-26(35-27)30(6,7)16-15-29(25,4)5)21-13-14-23(28(32)33)24(17-21)34-22-11-9-8-10-12-22/h8-14,17,19H,15-16,18H2,1-7H3,(H,32,33). The van der Waals surface area contributed by atoms with Crippen LogP contribution in [0.3, 0.4) is 0 Å². The SMILES string of the molecule is Cc1c(N(CC(C)C)c2ccc(C(=O)O)c(Oc3ccccc3)c2)sc2c1C(C)(C)CCC2(C)C. The molecule has 3 aromatic rings. The van der Waals surface area contributed by atoms with Gasteiger partial charge in [-0.3, -0.25) is 0 Å². The average molecular weight is 492 g/mol. The second-order valence-electron chi connectivity index (χ2n) is 11.4. The molecule has 5 heteroatoms. The highest BCUT2D eigenvalue weighted by Crippen LogP contribution is 2.54. The Kier molecular flexibility index (Phi) is 6.76. The zero-order valence-corrected chi connectivity index (χ0v) is 22.8. The lowest BCUT2D eigenvalue weighted by molar-refractivity contribution is 0.0694. The molecule has 0 saturated carbocycles. The van der Waals surface area contributed by atoms with Crippen molar-refractivity contribution in [3.8, 4) is 11.5 Å². The van der Waals surface area contributed by atoms with Crippen molar-refractivity contribution in [2.24, 2.45) is 5.92 Å². The van der Waals surface area contributed by atoms with E-state index in [9.17, 15) is 9.90 Å². The zero-order valence-electron chi connectivity index (χ0n) is 21.9. The number of fused-ring (bicyclic) bond motifs is 1. The summed E-state index contributed by atoms with van der Waals surface area (Å²) >= 11 is 1.91. The molecule has 1 heterocycles. The summed E-state index contributed by atoms with van der Waals surface area (Å²) in [6.07, 6.45) is 2.36. The first-order valence-electron chi connectivity index (χ1n) is 12.4. The number of aromatic carboxylic acids is 1. The van der Waals surface area contributed by atoms with Crippen LogP contribution in [0.15, 0.2) is 48.5 Å². The van der Waals surface area contributed by atoms with Crippen LogP contribution in [0.1, 0.15) is 80.7 Å². The summed E-state index contributed by atoms with van der Waals surface area (Å²) in [5.74, 6) is 0.403. The molecule has 0 unspecified atom stereocenters. The summed E-state index contributed by atoms with van der Waals surface area (Å²) in [5, 5.41) is 11.1. The molecule has 0 atom stereocenters. The smallest absolute Gasteiger partial charge is 0.339 e. The third-order valence-electron chi connectivity index (χ3n) is 7.06. The molecule has 1 aliphatic rings. The number of para-hydroxylation sites is 1. The molecule has 1 N–H and O–H groups in total. The van der Waals surface area contributed by atoms with Crippen LogP contribution in [0.5, 0.6) is 11.5 Å². The normalized spacial score (nSPS) is 16.1. The van der Waals surface area contributed by atoms with Gasteiger partial charge in [0.1, 0.15) is 17.1 Å². The van der Waals surface area contributed by atoms with Crippen LogP contribution < -0.4 is 9.64 Å². The van der Waals surface area contributed by atoms with E-state index in [0.29, 0.717) is 17.4 Å². The maximum atomic E-state index is 12.0. The monoisotopic (exact) mass is 491 g/mol. The molecule has 2 aromatic carbocycles. The number of carbonyl (C=O) groups is 1. The van der Waals surface area contributed by atoms with Gasteiger partial charge in [0.05, 0.1) is 5.00 Å². The maximum Gasteiger partial charge on any atom is 0.339 e. The molecule has 0 amide bonds. The van der Waals surface area contributed by atoms with Crippen LogP contribution in [-0.2, 0) is 10.8 Å². The molecule has 0 spiro atoms. The van der Waals surface area contributed by atoms with Gasteiger partial charge in [0, 0.05) is 23.2 Å². The van der Waals surface area contributed by atoms with Crippen molar-refractivity contribution in [2.45, 2.75) is 72.1 Å². The molecule has 1 aromatic heterocycles. The molecule has 0 fully saturated rings. The van der Waals surface area contributed by atoms with Crippen molar-refractivity contribution in [1.29, 1.82) is 0 Å². The fourth-order valence-electron chi connectivity index (χ4n) is 5.14. The Morgan fingerprint density at radius 3 is 2.31 bits per heavy atom. The number of hydrogen-bond donors (Lipinski definition) is 1. The van der Waals surface area contributed by atoms with Gasteiger partial charge in [0.2, 0.25) is 0 Å². The highest BCUT2D eigenvalue weighted by Gasteiger charge is 2.41. The van der Waals surface area contributed by atoms with Gasteiger partial charge in [0.15, 0.2) is 0 Å². The highest BCUT2D eigenvalue weighted by atomic mass is 32.1. The molecule has 4 rings (SSSR count). The molecule has 0 radical (unpaired) electrons. The van der Waals surface area contributed by atoms with Gasteiger partial charge in [-0.2, -0.15) is 0 Å². The number of hydrogen-bond acceptors (Lipinski definition) is 4. The second-order valence-corrected chi connectivity index (χ2v) is 12.4. The third kappa shape index (κ3) is 4.97. The van der Waals surface area contributed by atoms with Gasteiger partial charge in [-0.25, -0.2) is 4.79 Å². The molecular weight excluding hydrogens is 454 g/mol. The summed E-state index contributed by atoms with van der Waals surface area (Å²) in [5.41, 5.74) is 4.24. The van der Waals surface area contributed by atoms with E-state index in [0.717, 1.165) is 12.2 Å². The van der Waals surface area contributed by atoms with Crippen molar-refractivity contribution in [3.63, 3.8) is 0 Å². The van der Waals surface area contributed by atoms with Gasteiger partial charge in [-0.05, 0) is 71.9 Å². The van der Waals surface area contributed by atoms with Gasteiger partial charge in [-0.1, -0.05) is 59.7 Å². The average Bonchev–Trinajstić information content (AvgIpc) is 3.15. The van der Waals surface area contributed by atoms with Crippen molar-refractivity contribution in [2.75, 3.05) is 11.4 Å².